The highest BCUT2D eigenvalue weighted by molar-refractivity contribution is 6.31. The van der Waals surface area contributed by atoms with Gasteiger partial charge < -0.3 is 10.6 Å². The first kappa shape index (κ1) is 17.0. The second kappa shape index (κ2) is 6.94. The van der Waals surface area contributed by atoms with Crippen molar-refractivity contribution in [2.45, 2.75) is 20.8 Å². The molecule has 128 valence electrons. The van der Waals surface area contributed by atoms with E-state index in [9.17, 15) is 4.79 Å². The van der Waals surface area contributed by atoms with E-state index in [2.05, 4.69) is 26.0 Å². The number of hydrogen-bond donors (Lipinski definition) is 3. The van der Waals surface area contributed by atoms with Crippen molar-refractivity contribution in [3.8, 4) is 0 Å². The molecular weight excluding hydrogens is 338 g/mol. The number of nitrogens with zero attached hydrogens (tertiary/aromatic N) is 2. The number of aromatic amines is 1. The quantitative estimate of drug-likeness (QED) is 0.648. The number of nitrogens with one attached hydrogen (secondary N) is 3. The lowest BCUT2D eigenvalue weighted by Gasteiger charge is -2.09. The van der Waals surface area contributed by atoms with Crippen LogP contribution in [-0.2, 0) is 0 Å². The van der Waals surface area contributed by atoms with Crippen LogP contribution in [0.4, 0.5) is 17.2 Å². The first-order chi connectivity index (χ1) is 11.9. The summed E-state index contributed by atoms with van der Waals surface area (Å²) in [6, 6.07) is 11.2. The monoisotopic (exact) mass is 355 g/mol. The van der Waals surface area contributed by atoms with Crippen molar-refractivity contribution < 1.29 is 4.79 Å². The van der Waals surface area contributed by atoms with Gasteiger partial charge in [0.15, 0.2) is 11.5 Å². The number of halogens is 1. The van der Waals surface area contributed by atoms with Crippen LogP contribution in [0.3, 0.4) is 0 Å². The van der Waals surface area contributed by atoms with E-state index in [4.69, 9.17) is 11.6 Å². The molecule has 0 spiro atoms. The number of carbonyl (C=O) groups excluding carboxylic acids is 1. The summed E-state index contributed by atoms with van der Waals surface area (Å²) in [7, 11) is 0. The fraction of sp³-hybridized carbons (Fsp3) is 0.167. The van der Waals surface area contributed by atoms with E-state index >= 15 is 0 Å². The third-order valence-electron chi connectivity index (χ3n) is 3.98. The fourth-order valence-corrected chi connectivity index (χ4v) is 2.51. The molecule has 1 heterocycles. The summed E-state index contributed by atoms with van der Waals surface area (Å²) in [6.07, 6.45) is 0. The Morgan fingerprint density at radius 1 is 1.00 bits per heavy atom. The Bertz CT molecular complexity index is 935. The molecule has 0 unspecified atom stereocenters. The predicted molar refractivity (Wildman–Crippen MR) is 99.7 cm³/mol. The Labute approximate surface area is 150 Å². The van der Waals surface area contributed by atoms with Crippen molar-refractivity contribution in [1.82, 2.24) is 15.4 Å². The van der Waals surface area contributed by atoms with Gasteiger partial charge in [-0.1, -0.05) is 23.7 Å². The lowest BCUT2D eigenvalue weighted by Crippen LogP contribution is -2.15. The predicted octanol–water partition coefficient (Wildman–Crippen LogP) is 4.38. The second-order valence-electron chi connectivity index (χ2n) is 5.86. The molecule has 0 radical (unpaired) electrons. The Balaban J connectivity index is 1.82. The minimum atomic E-state index is -0.370. The Hall–Kier alpha value is -2.86. The van der Waals surface area contributed by atoms with E-state index in [1.54, 1.807) is 12.1 Å². The van der Waals surface area contributed by atoms with E-state index in [1.165, 1.54) is 5.56 Å². The largest absolute Gasteiger partial charge is 0.337 e. The molecule has 0 aliphatic heterocycles. The molecule has 0 saturated heterocycles. The number of hydrogen-bond acceptors (Lipinski definition) is 4. The molecule has 0 fully saturated rings. The van der Waals surface area contributed by atoms with Gasteiger partial charge in [0, 0.05) is 16.4 Å². The van der Waals surface area contributed by atoms with Gasteiger partial charge in [-0.15, -0.1) is 10.2 Å². The number of benzene rings is 2. The summed E-state index contributed by atoms with van der Waals surface area (Å²) in [5.41, 5.74) is 4.90. The summed E-state index contributed by atoms with van der Waals surface area (Å²) >= 11 is 5.99. The average Bonchev–Trinajstić information content (AvgIpc) is 3.02. The van der Waals surface area contributed by atoms with Crippen molar-refractivity contribution in [2.75, 3.05) is 10.6 Å². The summed E-state index contributed by atoms with van der Waals surface area (Å²) in [6.45, 7) is 5.96. The number of amides is 1. The van der Waals surface area contributed by atoms with E-state index in [0.717, 1.165) is 16.8 Å². The minimum absolute atomic E-state index is 0.178. The van der Waals surface area contributed by atoms with Gasteiger partial charge in [-0.05, 0) is 61.7 Å². The van der Waals surface area contributed by atoms with Gasteiger partial charge in [-0.25, -0.2) is 0 Å². The van der Waals surface area contributed by atoms with E-state index < -0.39 is 0 Å². The van der Waals surface area contributed by atoms with Crippen LogP contribution in [0.15, 0.2) is 36.4 Å². The third-order valence-corrected chi connectivity index (χ3v) is 4.22. The molecule has 0 aliphatic rings. The van der Waals surface area contributed by atoms with Crippen LogP contribution in [0.5, 0.6) is 0 Å². The molecular formula is C18H18ClN5O. The fourth-order valence-electron chi connectivity index (χ4n) is 2.34. The Morgan fingerprint density at radius 2 is 1.76 bits per heavy atom. The standard InChI is InChI=1S/C18H18ClN5O/c1-10-5-7-14(8-12(10)3)20-17-16(22-24-23-17)18(25)21-15-9-13(19)6-4-11(15)2/h4-9H,1-3H3,(H,21,25)(H2,20,22,23,24). The molecule has 0 aliphatic carbocycles. The van der Waals surface area contributed by atoms with E-state index in [1.807, 2.05) is 45.0 Å². The first-order valence-corrected chi connectivity index (χ1v) is 8.14. The molecule has 0 saturated carbocycles. The van der Waals surface area contributed by atoms with Crippen LogP contribution < -0.4 is 10.6 Å². The molecule has 6 nitrogen and oxygen atoms in total. The van der Waals surface area contributed by atoms with Gasteiger partial charge in [-0.2, -0.15) is 5.21 Å². The second-order valence-corrected chi connectivity index (χ2v) is 6.29. The van der Waals surface area contributed by atoms with Crippen LogP contribution in [-0.4, -0.2) is 21.3 Å². The van der Waals surface area contributed by atoms with Crippen molar-refractivity contribution in [3.63, 3.8) is 0 Å². The lowest BCUT2D eigenvalue weighted by atomic mass is 10.1. The van der Waals surface area contributed by atoms with Crippen LogP contribution in [0.1, 0.15) is 27.2 Å². The number of rotatable bonds is 4. The van der Waals surface area contributed by atoms with Gasteiger partial charge in [-0.3, -0.25) is 4.79 Å². The molecule has 0 atom stereocenters. The zero-order chi connectivity index (χ0) is 18.0. The molecule has 25 heavy (non-hydrogen) atoms. The van der Waals surface area contributed by atoms with Crippen LogP contribution in [0, 0.1) is 20.8 Å². The maximum Gasteiger partial charge on any atom is 0.280 e. The van der Waals surface area contributed by atoms with Gasteiger partial charge in [0.2, 0.25) is 0 Å². The number of aryl methyl sites for hydroxylation is 3. The Kier molecular flexibility index (Phi) is 4.72. The first-order valence-electron chi connectivity index (χ1n) is 7.76. The van der Waals surface area contributed by atoms with Crippen molar-refractivity contribution in [2.24, 2.45) is 0 Å². The summed E-state index contributed by atoms with van der Waals surface area (Å²) < 4.78 is 0. The number of aromatic nitrogens is 3. The zero-order valence-electron chi connectivity index (χ0n) is 14.1. The number of anilines is 3. The normalized spacial score (nSPS) is 10.6. The molecule has 0 bridgehead atoms. The van der Waals surface area contributed by atoms with Crippen LogP contribution in [0.2, 0.25) is 5.02 Å². The van der Waals surface area contributed by atoms with Crippen LogP contribution >= 0.6 is 11.6 Å². The molecule has 3 aromatic rings. The van der Waals surface area contributed by atoms with Crippen molar-refractivity contribution >= 4 is 34.7 Å². The molecule has 7 heteroatoms. The van der Waals surface area contributed by atoms with E-state index in [-0.39, 0.29) is 11.6 Å². The molecule has 1 amide bonds. The highest BCUT2D eigenvalue weighted by atomic mass is 35.5. The average molecular weight is 356 g/mol. The minimum Gasteiger partial charge on any atom is -0.337 e. The molecule has 2 aromatic carbocycles. The third kappa shape index (κ3) is 3.80. The Morgan fingerprint density at radius 3 is 2.52 bits per heavy atom. The van der Waals surface area contributed by atoms with Gasteiger partial charge >= 0.3 is 0 Å². The summed E-state index contributed by atoms with van der Waals surface area (Å²) in [5, 5.41) is 17.0. The van der Waals surface area contributed by atoms with Gasteiger partial charge in [0.25, 0.3) is 5.91 Å². The summed E-state index contributed by atoms with van der Waals surface area (Å²) in [5.74, 6) is -0.00844. The zero-order valence-corrected chi connectivity index (χ0v) is 14.9. The summed E-state index contributed by atoms with van der Waals surface area (Å²) in [4.78, 5) is 12.6. The highest BCUT2D eigenvalue weighted by Gasteiger charge is 2.18. The van der Waals surface area contributed by atoms with Crippen molar-refractivity contribution in [1.29, 1.82) is 0 Å². The maximum atomic E-state index is 12.6. The van der Waals surface area contributed by atoms with Gasteiger partial charge in [0.05, 0.1) is 0 Å². The topological polar surface area (TPSA) is 82.7 Å². The number of H-pyrrole nitrogens is 1. The van der Waals surface area contributed by atoms with E-state index in [0.29, 0.717) is 16.5 Å². The lowest BCUT2D eigenvalue weighted by molar-refractivity contribution is 0.102. The maximum absolute atomic E-state index is 12.6. The van der Waals surface area contributed by atoms with Crippen LogP contribution in [0.25, 0.3) is 0 Å². The highest BCUT2D eigenvalue weighted by Crippen LogP contribution is 2.23. The molecule has 1 aromatic heterocycles. The SMILES string of the molecule is Cc1ccc(Nc2n[nH]nc2C(=O)Nc2cc(Cl)ccc2C)cc1C. The molecule has 3 N–H and O–H groups in total. The van der Waals surface area contributed by atoms with Gasteiger partial charge in [0.1, 0.15) is 0 Å². The molecule has 3 rings (SSSR count). The number of carbonyl (C=O) groups is 1. The smallest absolute Gasteiger partial charge is 0.280 e. The van der Waals surface area contributed by atoms with Crippen molar-refractivity contribution in [3.05, 3.63) is 63.8 Å².